The molecule has 0 bridgehead atoms. The molecular formula is C15H15N3O3. The number of carbonyl (C=O) groups is 1. The number of benzene rings is 1. The highest BCUT2D eigenvalue weighted by Gasteiger charge is 2.15. The molecule has 21 heavy (non-hydrogen) atoms. The van der Waals surface area contributed by atoms with Crippen LogP contribution in [0.3, 0.4) is 0 Å². The van der Waals surface area contributed by atoms with Gasteiger partial charge in [0.05, 0.1) is 6.21 Å². The molecule has 0 aliphatic carbocycles. The summed E-state index contributed by atoms with van der Waals surface area (Å²) in [6, 6.07) is 6.98. The number of fused-ring (bicyclic) bond motifs is 1. The third-order valence-corrected chi connectivity index (χ3v) is 3.19. The highest BCUT2D eigenvalue weighted by Crippen LogP contribution is 2.32. The van der Waals surface area contributed by atoms with Crippen molar-refractivity contribution < 1.29 is 14.3 Å². The second-order valence-electron chi connectivity index (χ2n) is 4.80. The maximum atomic E-state index is 12.0. The molecule has 1 aromatic carbocycles. The third-order valence-electron chi connectivity index (χ3n) is 3.19. The molecule has 0 unspecified atom stereocenters. The summed E-state index contributed by atoms with van der Waals surface area (Å²) in [5.74, 6) is 0.923. The van der Waals surface area contributed by atoms with E-state index in [4.69, 9.17) is 9.47 Å². The number of aromatic amines is 1. The molecule has 1 aliphatic rings. The number of aryl methyl sites for hydroxylation is 2. The predicted molar refractivity (Wildman–Crippen MR) is 77.9 cm³/mol. The first kappa shape index (κ1) is 13.2. The van der Waals surface area contributed by atoms with Gasteiger partial charge < -0.3 is 14.5 Å². The van der Waals surface area contributed by atoms with Gasteiger partial charge in [-0.1, -0.05) is 0 Å². The Hall–Kier alpha value is -2.76. The van der Waals surface area contributed by atoms with E-state index in [1.54, 1.807) is 24.4 Å². The number of carbonyl (C=O) groups excluding carboxylic acids is 1. The lowest BCUT2D eigenvalue weighted by atomic mass is 10.2. The molecule has 0 saturated heterocycles. The molecule has 108 valence electrons. The fraction of sp³-hybridized carbons (Fsp3) is 0.200. The second kappa shape index (κ2) is 5.32. The first-order valence-corrected chi connectivity index (χ1v) is 6.53. The Bertz CT molecular complexity index is 719. The van der Waals surface area contributed by atoms with Crippen molar-refractivity contribution in [2.24, 2.45) is 5.10 Å². The molecule has 0 spiro atoms. The summed E-state index contributed by atoms with van der Waals surface area (Å²) < 4.78 is 10.4. The minimum absolute atomic E-state index is 0.185. The maximum absolute atomic E-state index is 12.0. The van der Waals surface area contributed by atoms with E-state index in [0.29, 0.717) is 17.1 Å². The van der Waals surface area contributed by atoms with E-state index in [9.17, 15) is 4.79 Å². The Balaban J connectivity index is 1.68. The summed E-state index contributed by atoms with van der Waals surface area (Å²) in [7, 11) is 0. The zero-order valence-corrected chi connectivity index (χ0v) is 11.8. The molecule has 2 aromatic rings. The minimum Gasteiger partial charge on any atom is -0.454 e. The van der Waals surface area contributed by atoms with Gasteiger partial charge in [-0.25, -0.2) is 5.43 Å². The van der Waals surface area contributed by atoms with Crippen molar-refractivity contribution in [1.82, 2.24) is 10.4 Å². The average Bonchev–Trinajstić information content (AvgIpc) is 3.04. The van der Waals surface area contributed by atoms with Crippen LogP contribution in [0.4, 0.5) is 0 Å². The number of amides is 1. The number of nitrogens with zero attached hydrogens (tertiary/aromatic N) is 1. The Morgan fingerprint density at radius 1 is 1.29 bits per heavy atom. The van der Waals surface area contributed by atoms with Gasteiger partial charge >= 0.3 is 0 Å². The summed E-state index contributed by atoms with van der Waals surface area (Å²) in [4.78, 5) is 15.2. The Morgan fingerprint density at radius 2 is 2.10 bits per heavy atom. The van der Waals surface area contributed by atoms with E-state index in [2.05, 4.69) is 15.5 Å². The second-order valence-corrected chi connectivity index (χ2v) is 4.80. The Morgan fingerprint density at radius 3 is 2.86 bits per heavy atom. The maximum Gasteiger partial charge on any atom is 0.271 e. The number of hydrogen-bond donors (Lipinski definition) is 2. The number of nitrogens with one attached hydrogen (secondary N) is 2. The quantitative estimate of drug-likeness (QED) is 0.670. The van der Waals surface area contributed by atoms with Gasteiger partial charge in [0.25, 0.3) is 5.91 Å². The van der Waals surface area contributed by atoms with Crippen LogP contribution in [0.1, 0.15) is 27.3 Å². The molecule has 1 amide bonds. The van der Waals surface area contributed by atoms with Gasteiger partial charge in [0.2, 0.25) is 6.79 Å². The van der Waals surface area contributed by atoms with Crippen LogP contribution in [0.5, 0.6) is 11.5 Å². The van der Waals surface area contributed by atoms with E-state index in [1.807, 2.05) is 19.9 Å². The van der Waals surface area contributed by atoms with E-state index in [-0.39, 0.29) is 12.7 Å². The summed E-state index contributed by atoms with van der Waals surface area (Å²) in [6.45, 7) is 4.11. The molecule has 1 aliphatic heterocycles. The summed E-state index contributed by atoms with van der Waals surface area (Å²) in [6.07, 6.45) is 1.61. The molecule has 6 nitrogen and oxygen atoms in total. The van der Waals surface area contributed by atoms with Gasteiger partial charge in [0.1, 0.15) is 0 Å². The molecule has 3 rings (SSSR count). The normalized spacial score (nSPS) is 12.9. The number of rotatable bonds is 3. The van der Waals surface area contributed by atoms with E-state index >= 15 is 0 Å². The van der Waals surface area contributed by atoms with Gasteiger partial charge in [-0.05, 0) is 38.1 Å². The van der Waals surface area contributed by atoms with E-state index in [0.717, 1.165) is 17.0 Å². The zero-order chi connectivity index (χ0) is 14.8. The van der Waals surface area contributed by atoms with Crippen LogP contribution in [-0.2, 0) is 0 Å². The predicted octanol–water partition coefficient (Wildman–Crippen LogP) is 2.12. The summed E-state index contributed by atoms with van der Waals surface area (Å²) in [5, 5.41) is 3.97. The lowest BCUT2D eigenvalue weighted by molar-refractivity contribution is 0.0954. The molecule has 0 fully saturated rings. The van der Waals surface area contributed by atoms with Crippen LogP contribution in [0.2, 0.25) is 0 Å². The average molecular weight is 285 g/mol. The number of hydrazone groups is 1. The van der Waals surface area contributed by atoms with Crippen molar-refractivity contribution in [3.8, 4) is 11.5 Å². The molecule has 2 N–H and O–H groups in total. The smallest absolute Gasteiger partial charge is 0.271 e. The SMILES string of the molecule is Cc1cc(/C=N/NC(=O)c2ccc3c(c2)OCO3)c(C)[nH]1. The Kier molecular flexibility index (Phi) is 3.35. The fourth-order valence-corrected chi connectivity index (χ4v) is 2.14. The van der Waals surface area contributed by atoms with Gasteiger partial charge in [0.15, 0.2) is 11.5 Å². The van der Waals surface area contributed by atoms with Crippen LogP contribution in [-0.4, -0.2) is 23.9 Å². The number of H-pyrrole nitrogens is 1. The van der Waals surface area contributed by atoms with Crippen molar-refractivity contribution in [3.63, 3.8) is 0 Å². The minimum atomic E-state index is -0.297. The van der Waals surface area contributed by atoms with Crippen molar-refractivity contribution in [1.29, 1.82) is 0 Å². The van der Waals surface area contributed by atoms with Gasteiger partial charge in [-0.15, -0.1) is 0 Å². The fourth-order valence-electron chi connectivity index (χ4n) is 2.14. The van der Waals surface area contributed by atoms with Crippen LogP contribution in [0.15, 0.2) is 29.4 Å². The Labute approximate surface area is 121 Å². The van der Waals surface area contributed by atoms with Crippen molar-refractivity contribution in [2.45, 2.75) is 13.8 Å². The van der Waals surface area contributed by atoms with Gasteiger partial charge in [-0.3, -0.25) is 4.79 Å². The van der Waals surface area contributed by atoms with Gasteiger partial charge in [-0.2, -0.15) is 5.10 Å². The molecule has 6 heteroatoms. The number of ether oxygens (including phenoxy) is 2. The molecule has 1 aromatic heterocycles. The first-order chi connectivity index (χ1) is 10.1. The number of hydrogen-bond acceptors (Lipinski definition) is 4. The largest absolute Gasteiger partial charge is 0.454 e. The summed E-state index contributed by atoms with van der Waals surface area (Å²) >= 11 is 0. The molecule has 0 atom stereocenters. The van der Waals surface area contributed by atoms with E-state index in [1.165, 1.54) is 0 Å². The van der Waals surface area contributed by atoms with Crippen molar-refractivity contribution in [2.75, 3.05) is 6.79 Å². The standard InChI is InChI=1S/C15H15N3O3/c1-9-5-12(10(2)17-9)7-16-18-15(19)11-3-4-13-14(6-11)21-8-20-13/h3-7,17H,8H2,1-2H3,(H,18,19)/b16-7+. The van der Waals surface area contributed by atoms with Crippen molar-refractivity contribution in [3.05, 3.63) is 46.8 Å². The zero-order valence-electron chi connectivity index (χ0n) is 11.8. The van der Waals surface area contributed by atoms with Crippen molar-refractivity contribution >= 4 is 12.1 Å². The number of aromatic nitrogens is 1. The molecular weight excluding hydrogens is 270 g/mol. The van der Waals surface area contributed by atoms with Gasteiger partial charge in [0, 0.05) is 22.5 Å². The molecule has 0 saturated carbocycles. The highest BCUT2D eigenvalue weighted by molar-refractivity contribution is 5.95. The van der Waals surface area contributed by atoms with Crippen LogP contribution >= 0.6 is 0 Å². The third kappa shape index (κ3) is 2.74. The first-order valence-electron chi connectivity index (χ1n) is 6.53. The molecule has 0 radical (unpaired) electrons. The lowest BCUT2D eigenvalue weighted by Gasteiger charge is -2.01. The topological polar surface area (TPSA) is 75.7 Å². The lowest BCUT2D eigenvalue weighted by Crippen LogP contribution is -2.17. The van der Waals surface area contributed by atoms with Crippen LogP contribution in [0, 0.1) is 13.8 Å². The highest BCUT2D eigenvalue weighted by atomic mass is 16.7. The molecule has 2 heterocycles. The summed E-state index contributed by atoms with van der Waals surface area (Å²) in [5.41, 5.74) is 5.97. The van der Waals surface area contributed by atoms with Crippen LogP contribution < -0.4 is 14.9 Å². The van der Waals surface area contributed by atoms with Crippen LogP contribution in [0.25, 0.3) is 0 Å². The monoisotopic (exact) mass is 285 g/mol. The van der Waals surface area contributed by atoms with E-state index < -0.39 is 0 Å².